The molecule has 0 aromatic heterocycles. The van der Waals surface area contributed by atoms with Crippen molar-refractivity contribution in [1.82, 2.24) is 0 Å². The fourth-order valence-electron chi connectivity index (χ4n) is 1.13. The number of ether oxygens (including phenoxy) is 1. The lowest BCUT2D eigenvalue weighted by atomic mass is 10.1. The predicted molar refractivity (Wildman–Crippen MR) is 60.5 cm³/mol. The van der Waals surface area contributed by atoms with Gasteiger partial charge >= 0.3 is 0 Å². The van der Waals surface area contributed by atoms with E-state index in [0.29, 0.717) is 9.13 Å². The van der Waals surface area contributed by atoms with Gasteiger partial charge in [0.1, 0.15) is 0 Å². The quantitative estimate of drug-likeness (QED) is 0.509. The number of hydrogen-bond acceptors (Lipinski definition) is 3. The molecule has 1 atom stereocenters. The van der Waals surface area contributed by atoms with Crippen LogP contribution in [-0.4, -0.2) is 12.2 Å². The molecule has 0 heterocycles. The molecule has 0 amide bonds. The van der Waals surface area contributed by atoms with Crippen LogP contribution in [0.1, 0.15) is 23.8 Å². The molecule has 0 saturated heterocycles. The van der Waals surface area contributed by atoms with Crippen molar-refractivity contribution in [2.24, 2.45) is 0 Å². The Kier molecular flexibility index (Phi) is 4.23. The van der Waals surface area contributed by atoms with Crippen molar-refractivity contribution < 1.29 is 18.6 Å². The molecule has 0 aliphatic rings. The lowest BCUT2D eigenvalue weighted by Crippen LogP contribution is -2.06. The van der Waals surface area contributed by atoms with E-state index < -0.39 is 12.7 Å². The number of rotatable bonds is 3. The van der Waals surface area contributed by atoms with E-state index in [1.165, 1.54) is 13.2 Å². The van der Waals surface area contributed by atoms with E-state index in [-0.39, 0.29) is 11.3 Å². The Hall–Kier alpha value is -0.470. The molecule has 3 nitrogen and oxygen atoms in total. The Balaban J connectivity index is 3.19. The number of aliphatic hydroxyl groups is 1. The molecule has 1 aromatic carbocycles. The van der Waals surface area contributed by atoms with Gasteiger partial charge in [-0.3, -0.25) is 0 Å². The monoisotopic (exact) mass is 329 g/mol. The minimum absolute atomic E-state index is 0.0973. The molecule has 0 fully saturated rings. The van der Waals surface area contributed by atoms with Crippen LogP contribution in [0.3, 0.4) is 0 Å². The van der Waals surface area contributed by atoms with Gasteiger partial charge in [-0.15, -0.1) is 0 Å². The summed E-state index contributed by atoms with van der Waals surface area (Å²) in [6.45, 7) is 0. The first-order chi connectivity index (χ1) is 6.97. The first-order valence-corrected chi connectivity index (χ1v) is 5.13. The van der Waals surface area contributed by atoms with Crippen LogP contribution in [-0.2, 0) is 4.74 Å². The molecule has 0 bridgehead atoms. The Labute approximate surface area is 99.4 Å². The second-order valence-corrected chi connectivity index (χ2v) is 4.05. The Morgan fingerprint density at radius 3 is 2.47 bits per heavy atom. The highest BCUT2D eigenvalue weighted by Gasteiger charge is 2.17. The maximum atomic E-state index is 12.5. The number of nitrogens with two attached hydrogens (primary N) is 1. The summed E-state index contributed by atoms with van der Waals surface area (Å²) in [6, 6.07) is 2.55. The molecule has 3 N–H and O–H groups in total. The average Bonchev–Trinajstić information content (AvgIpc) is 2.19. The summed E-state index contributed by atoms with van der Waals surface area (Å²) >= 11 is 1.77. The van der Waals surface area contributed by atoms with Crippen LogP contribution in [0.2, 0.25) is 0 Å². The van der Waals surface area contributed by atoms with E-state index in [9.17, 15) is 13.9 Å². The number of alkyl halides is 2. The number of halogens is 3. The minimum Gasteiger partial charge on any atom is -0.398 e. The standard InChI is InChI=1S/C9H10F2INO2/c1-15-9(14)5-2-6(12)4(8(10)11)3-7(5)13/h2-3,8-9,14H,13H2,1H3. The molecule has 0 spiro atoms. The van der Waals surface area contributed by atoms with Crippen molar-refractivity contribution in [3.05, 3.63) is 26.8 Å². The van der Waals surface area contributed by atoms with Gasteiger partial charge in [0.15, 0.2) is 6.29 Å². The predicted octanol–water partition coefficient (Wildman–Crippen LogP) is 2.45. The van der Waals surface area contributed by atoms with Gasteiger partial charge in [-0.1, -0.05) is 0 Å². The molecule has 15 heavy (non-hydrogen) atoms. The zero-order valence-corrected chi connectivity index (χ0v) is 10.0. The molecule has 1 rings (SSSR count). The number of benzene rings is 1. The summed E-state index contributed by atoms with van der Waals surface area (Å²) in [5.74, 6) is 0. The molecule has 0 aliphatic heterocycles. The Morgan fingerprint density at radius 1 is 1.40 bits per heavy atom. The Morgan fingerprint density at radius 2 is 2.00 bits per heavy atom. The highest BCUT2D eigenvalue weighted by Crippen LogP contribution is 2.31. The van der Waals surface area contributed by atoms with E-state index >= 15 is 0 Å². The molecular formula is C9H10F2INO2. The van der Waals surface area contributed by atoms with Gasteiger partial charge in [-0.25, -0.2) is 8.78 Å². The van der Waals surface area contributed by atoms with Gasteiger partial charge < -0.3 is 15.6 Å². The lowest BCUT2D eigenvalue weighted by Gasteiger charge is -2.14. The van der Waals surface area contributed by atoms with Gasteiger partial charge in [0.25, 0.3) is 6.43 Å². The molecule has 1 aromatic rings. The second-order valence-electron chi connectivity index (χ2n) is 2.89. The molecule has 0 radical (unpaired) electrons. The molecule has 0 aliphatic carbocycles. The van der Waals surface area contributed by atoms with Crippen LogP contribution < -0.4 is 5.73 Å². The summed E-state index contributed by atoms with van der Waals surface area (Å²) in [6.07, 6.45) is -3.77. The summed E-state index contributed by atoms with van der Waals surface area (Å²) in [5, 5.41) is 9.37. The number of hydrogen-bond donors (Lipinski definition) is 2. The highest BCUT2D eigenvalue weighted by atomic mass is 127. The van der Waals surface area contributed by atoms with E-state index in [1.54, 1.807) is 22.6 Å². The van der Waals surface area contributed by atoms with Gasteiger partial charge in [-0.2, -0.15) is 0 Å². The number of anilines is 1. The van der Waals surface area contributed by atoms with Crippen LogP contribution >= 0.6 is 22.6 Å². The third-order valence-electron chi connectivity index (χ3n) is 1.93. The number of aliphatic hydroxyl groups excluding tert-OH is 1. The number of nitrogen functional groups attached to an aromatic ring is 1. The van der Waals surface area contributed by atoms with Crippen molar-refractivity contribution in [3.63, 3.8) is 0 Å². The molecule has 0 saturated carbocycles. The third-order valence-corrected chi connectivity index (χ3v) is 2.86. The van der Waals surface area contributed by atoms with E-state index in [1.807, 2.05) is 0 Å². The number of methoxy groups -OCH3 is 1. The van der Waals surface area contributed by atoms with Crippen LogP contribution in [0.25, 0.3) is 0 Å². The van der Waals surface area contributed by atoms with Crippen molar-refractivity contribution in [1.29, 1.82) is 0 Å². The van der Waals surface area contributed by atoms with Crippen molar-refractivity contribution in [2.45, 2.75) is 12.7 Å². The normalized spacial score (nSPS) is 13.2. The minimum atomic E-state index is -2.58. The summed E-state index contributed by atoms with van der Waals surface area (Å²) in [7, 11) is 1.30. The van der Waals surface area contributed by atoms with Gasteiger partial charge in [-0.05, 0) is 34.7 Å². The maximum absolute atomic E-state index is 12.5. The van der Waals surface area contributed by atoms with E-state index in [2.05, 4.69) is 4.74 Å². The smallest absolute Gasteiger partial charge is 0.264 e. The van der Waals surface area contributed by atoms with Crippen LogP contribution in [0.4, 0.5) is 14.5 Å². The van der Waals surface area contributed by atoms with E-state index in [4.69, 9.17) is 5.73 Å². The molecule has 1 unspecified atom stereocenters. The SMILES string of the molecule is COC(O)c1cc(I)c(C(F)F)cc1N. The highest BCUT2D eigenvalue weighted by molar-refractivity contribution is 14.1. The first kappa shape index (κ1) is 12.6. The third kappa shape index (κ3) is 2.76. The van der Waals surface area contributed by atoms with Gasteiger partial charge in [0.2, 0.25) is 0 Å². The van der Waals surface area contributed by atoms with E-state index in [0.717, 1.165) is 6.07 Å². The first-order valence-electron chi connectivity index (χ1n) is 4.05. The van der Waals surface area contributed by atoms with Crippen LogP contribution in [0, 0.1) is 3.57 Å². The van der Waals surface area contributed by atoms with Crippen LogP contribution in [0.5, 0.6) is 0 Å². The molecule has 6 heteroatoms. The fraction of sp³-hybridized carbons (Fsp3) is 0.333. The largest absolute Gasteiger partial charge is 0.398 e. The summed E-state index contributed by atoms with van der Waals surface area (Å²) < 4.78 is 29.9. The Bertz CT molecular complexity index is 360. The zero-order valence-electron chi connectivity index (χ0n) is 7.88. The summed E-state index contributed by atoms with van der Waals surface area (Å²) in [5.41, 5.74) is 5.78. The topological polar surface area (TPSA) is 55.5 Å². The lowest BCUT2D eigenvalue weighted by molar-refractivity contribution is -0.0764. The fourth-order valence-corrected chi connectivity index (χ4v) is 1.86. The van der Waals surface area contributed by atoms with Crippen molar-refractivity contribution in [2.75, 3.05) is 12.8 Å². The van der Waals surface area contributed by atoms with Gasteiger partial charge in [0.05, 0.1) is 0 Å². The molecule has 84 valence electrons. The second kappa shape index (κ2) is 5.04. The van der Waals surface area contributed by atoms with Gasteiger partial charge in [0, 0.05) is 27.5 Å². The molecular weight excluding hydrogens is 319 g/mol. The zero-order chi connectivity index (χ0) is 11.6. The van der Waals surface area contributed by atoms with Crippen molar-refractivity contribution >= 4 is 28.3 Å². The average molecular weight is 329 g/mol. The van der Waals surface area contributed by atoms with Crippen molar-refractivity contribution in [3.8, 4) is 0 Å². The maximum Gasteiger partial charge on any atom is 0.264 e. The summed E-state index contributed by atoms with van der Waals surface area (Å²) in [4.78, 5) is 0. The van der Waals surface area contributed by atoms with Crippen LogP contribution in [0.15, 0.2) is 12.1 Å².